The maximum absolute atomic E-state index is 12.2. The fourth-order valence-corrected chi connectivity index (χ4v) is 2.09. The lowest BCUT2D eigenvalue weighted by atomic mass is 10.1. The number of benzene rings is 2. The van der Waals surface area contributed by atoms with Gasteiger partial charge in [0.2, 0.25) is 5.78 Å². The lowest BCUT2D eigenvalue weighted by Crippen LogP contribution is -2.23. The summed E-state index contributed by atoms with van der Waals surface area (Å²) >= 11 is 9.21. The van der Waals surface area contributed by atoms with E-state index in [1.807, 2.05) is 12.1 Å². The molecule has 19 heavy (non-hydrogen) atoms. The second-order valence-electron chi connectivity index (χ2n) is 4.09. The number of ether oxygens (including phenoxy) is 1. The number of hydrogen-bond acceptors (Lipinski definition) is 2. The molecule has 2 rings (SSSR count). The van der Waals surface area contributed by atoms with E-state index in [1.165, 1.54) is 0 Å². The maximum atomic E-state index is 12.2. The Kier molecular flexibility index (Phi) is 4.61. The highest BCUT2D eigenvalue weighted by molar-refractivity contribution is 9.10. The number of hydrogen-bond donors (Lipinski definition) is 0. The molecule has 0 amide bonds. The molecule has 0 heterocycles. The van der Waals surface area contributed by atoms with Crippen molar-refractivity contribution in [2.24, 2.45) is 0 Å². The van der Waals surface area contributed by atoms with E-state index in [0.717, 1.165) is 4.47 Å². The van der Waals surface area contributed by atoms with Crippen LogP contribution in [-0.2, 0) is 0 Å². The Hall–Kier alpha value is -1.32. The molecule has 4 heteroatoms. The number of ketones is 1. The van der Waals surface area contributed by atoms with Crippen molar-refractivity contribution >= 4 is 33.3 Å². The first-order chi connectivity index (χ1) is 9.06. The van der Waals surface area contributed by atoms with Crippen molar-refractivity contribution in [1.29, 1.82) is 0 Å². The molecule has 0 saturated heterocycles. The van der Waals surface area contributed by atoms with E-state index >= 15 is 0 Å². The van der Waals surface area contributed by atoms with Gasteiger partial charge in [-0.3, -0.25) is 4.79 Å². The lowest BCUT2D eigenvalue weighted by Gasteiger charge is -2.14. The van der Waals surface area contributed by atoms with Crippen LogP contribution >= 0.6 is 27.5 Å². The van der Waals surface area contributed by atoms with E-state index in [9.17, 15) is 4.79 Å². The zero-order chi connectivity index (χ0) is 13.8. The Morgan fingerprint density at radius 2 is 1.89 bits per heavy atom. The van der Waals surface area contributed by atoms with E-state index in [0.29, 0.717) is 16.3 Å². The van der Waals surface area contributed by atoms with Gasteiger partial charge in [-0.2, -0.15) is 0 Å². The van der Waals surface area contributed by atoms with Crippen molar-refractivity contribution in [1.82, 2.24) is 0 Å². The summed E-state index contributed by atoms with van der Waals surface area (Å²) in [6, 6.07) is 14.2. The van der Waals surface area contributed by atoms with E-state index < -0.39 is 6.10 Å². The van der Waals surface area contributed by atoms with Crippen molar-refractivity contribution < 1.29 is 9.53 Å². The van der Waals surface area contributed by atoms with E-state index in [2.05, 4.69) is 15.9 Å². The quantitative estimate of drug-likeness (QED) is 0.751. The Bertz CT molecular complexity index is 581. The van der Waals surface area contributed by atoms with Crippen LogP contribution in [-0.4, -0.2) is 11.9 Å². The molecular weight excluding hydrogens is 328 g/mol. The second kappa shape index (κ2) is 6.22. The zero-order valence-corrected chi connectivity index (χ0v) is 12.6. The Morgan fingerprint density at radius 1 is 1.21 bits per heavy atom. The van der Waals surface area contributed by atoms with Crippen LogP contribution in [0.3, 0.4) is 0 Å². The summed E-state index contributed by atoms with van der Waals surface area (Å²) in [4.78, 5) is 12.2. The second-order valence-corrected chi connectivity index (χ2v) is 5.44. The largest absolute Gasteiger partial charge is 0.483 e. The summed E-state index contributed by atoms with van der Waals surface area (Å²) in [5.74, 6) is 0.526. The van der Waals surface area contributed by atoms with Gasteiger partial charge in [0.1, 0.15) is 5.75 Å². The number of carbonyl (C=O) groups excluding carboxylic acids is 1. The molecule has 2 aromatic rings. The number of halogens is 2. The van der Waals surface area contributed by atoms with Gasteiger partial charge in [0.05, 0.1) is 0 Å². The Morgan fingerprint density at radius 3 is 2.53 bits per heavy atom. The molecule has 2 nitrogen and oxygen atoms in total. The molecule has 0 spiro atoms. The molecule has 0 bridgehead atoms. The molecule has 0 fully saturated rings. The molecule has 0 aliphatic carbocycles. The van der Waals surface area contributed by atoms with Crippen molar-refractivity contribution in [2.45, 2.75) is 13.0 Å². The van der Waals surface area contributed by atoms with Crippen LogP contribution in [0.4, 0.5) is 0 Å². The van der Waals surface area contributed by atoms with Gasteiger partial charge in [-0.05, 0) is 37.3 Å². The Balaban J connectivity index is 2.09. The summed E-state index contributed by atoms with van der Waals surface area (Å²) < 4.78 is 6.53. The molecule has 0 N–H and O–H groups in total. The SMILES string of the molecule is C[C@H](Oc1cccc(Cl)c1)C(=O)c1ccc(Br)cc1. The average molecular weight is 340 g/mol. The monoisotopic (exact) mass is 338 g/mol. The summed E-state index contributed by atoms with van der Waals surface area (Å²) in [6.45, 7) is 1.73. The predicted octanol–water partition coefficient (Wildman–Crippen LogP) is 4.75. The molecule has 2 aromatic carbocycles. The first-order valence-electron chi connectivity index (χ1n) is 5.78. The van der Waals surface area contributed by atoms with E-state index in [-0.39, 0.29) is 5.78 Å². The van der Waals surface area contributed by atoms with Gasteiger partial charge in [0.15, 0.2) is 6.10 Å². The highest BCUT2D eigenvalue weighted by Gasteiger charge is 2.16. The maximum Gasteiger partial charge on any atom is 0.202 e. The van der Waals surface area contributed by atoms with Crippen LogP contribution in [0, 0.1) is 0 Å². The van der Waals surface area contributed by atoms with Gasteiger partial charge in [-0.25, -0.2) is 0 Å². The minimum absolute atomic E-state index is 0.0625. The van der Waals surface area contributed by atoms with Crippen molar-refractivity contribution in [3.8, 4) is 5.75 Å². The van der Waals surface area contributed by atoms with Gasteiger partial charge in [-0.1, -0.05) is 45.7 Å². The van der Waals surface area contributed by atoms with E-state index in [1.54, 1.807) is 43.3 Å². The van der Waals surface area contributed by atoms with E-state index in [4.69, 9.17) is 16.3 Å². The zero-order valence-electron chi connectivity index (χ0n) is 10.3. The lowest BCUT2D eigenvalue weighted by molar-refractivity contribution is 0.0818. The first kappa shape index (κ1) is 14.1. The van der Waals surface area contributed by atoms with Gasteiger partial charge in [0, 0.05) is 15.1 Å². The summed E-state index contributed by atoms with van der Waals surface area (Å²) in [5, 5.41) is 0.584. The standard InChI is InChI=1S/C15H12BrClO2/c1-10(19-14-4-2-3-13(17)9-14)15(18)11-5-7-12(16)8-6-11/h2-10H,1H3/t10-/m0/s1. The van der Waals surface area contributed by atoms with Crippen molar-refractivity contribution in [2.75, 3.05) is 0 Å². The first-order valence-corrected chi connectivity index (χ1v) is 6.95. The van der Waals surface area contributed by atoms with Crippen LogP contribution in [0.15, 0.2) is 53.0 Å². The minimum Gasteiger partial charge on any atom is -0.483 e. The van der Waals surface area contributed by atoms with Crippen molar-refractivity contribution in [3.63, 3.8) is 0 Å². The highest BCUT2D eigenvalue weighted by Crippen LogP contribution is 2.20. The van der Waals surface area contributed by atoms with Crippen molar-refractivity contribution in [3.05, 3.63) is 63.6 Å². The van der Waals surface area contributed by atoms with Gasteiger partial charge < -0.3 is 4.74 Å². The van der Waals surface area contributed by atoms with Gasteiger partial charge in [0.25, 0.3) is 0 Å². The summed E-state index contributed by atoms with van der Waals surface area (Å²) in [5.41, 5.74) is 0.623. The molecule has 0 saturated carbocycles. The third-order valence-electron chi connectivity index (χ3n) is 2.61. The topological polar surface area (TPSA) is 26.3 Å². The van der Waals surface area contributed by atoms with Crippen LogP contribution < -0.4 is 4.74 Å². The highest BCUT2D eigenvalue weighted by atomic mass is 79.9. The molecule has 0 unspecified atom stereocenters. The van der Waals surface area contributed by atoms with Crippen LogP contribution in [0.25, 0.3) is 0 Å². The molecule has 1 atom stereocenters. The molecular formula is C15H12BrClO2. The fraction of sp³-hybridized carbons (Fsp3) is 0.133. The van der Waals surface area contributed by atoms with Crippen LogP contribution in [0.5, 0.6) is 5.75 Å². The summed E-state index contributed by atoms with van der Waals surface area (Å²) in [6.07, 6.45) is -0.556. The summed E-state index contributed by atoms with van der Waals surface area (Å²) in [7, 11) is 0. The molecule has 0 aliphatic heterocycles. The molecule has 0 aliphatic rings. The van der Waals surface area contributed by atoms with Crippen LogP contribution in [0.2, 0.25) is 5.02 Å². The minimum atomic E-state index is -0.556. The normalized spacial score (nSPS) is 11.9. The molecule has 0 aromatic heterocycles. The van der Waals surface area contributed by atoms with Gasteiger partial charge >= 0.3 is 0 Å². The number of rotatable bonds is 4. The average Bonchev–Trinajstić information content (AvgIpc) is 2.39. The number of carbonyl (C=O) groups is 1. The van der Waals surface area contributed by atoms with Crippen LogP contribution in [0.1, 0.15) is 17.3 Å². The predicted molar refractivity (Wildman–Crippen MR) is 80.0 cm³/mol. The third kappa shape index (κ3) is 3.82. The fourth-order valence-electron chi connectivity index (χ4n) is 1.65. The van der Waals surface area contributed by atoms with Gasteiger partial charge in [-0.15, -0.1) is 0 Å². The number of Topliss-reactive ketones (excluding diaryl/α,β-unsaturated/α-hetero) is 1. The third-order valence-corrected chi connectivity index (χ3v) is 3.37. The Labute approximate surface area is 125 Å². The molecule has 0 radical (unpaired) electrons. The molecule has 98 valence electrons. The smallest absolute Gasteiger partial charge is 0.202 e.